The molecule has 0 atom stereocenters. The average Bonchev–Trinajstić information content (AvgIpc) is 2.77. The molecule has 4 heteroatoms. The lowest BCUT2D eigenvalue weighted by molar-refractivity contribution is -0.144. The van der Waals surface area contributed by atoms with Crippen LogP contribution in [0.4, 0.5) is 0 Å². The third kappa shape index (κ3) is 3.39. The largest absolute Gasteiger partial charge is 0.331 e. The lowest BCUT2D eigenvalue weighted by atomic mass is 10.1. The predicted octanol–water partition coefficient (Wildman–Crippen LogP) is 2.93. The number of amides is 1. The number of Topliss-reactive ketones (excluding diaryl/α,β-unsaturated/α-hetero) is 1. The number of hydrogen-bond acceptors (Lipinski definition) is 3. The molecule has 3 nitrogen and oxygen atoms in total. The van der Waals surface area contributed by atoms with Gasteiger partial charge in [0.1, 0.15) is 0 Å². The van der Waals surface area contributed by atoms with Gasteiger partial charge in [0.15, 0.2) is 0 Å². The minimum atomic E-state index is -0.374. The van der Waals surface area contributed by atoms with Gasteiger partial charge < -0.3 is 4.90 Å². The summed E-state index contributed by atoms with van der Waals surface area (Å²) in [5.74, 6) is 0.109. The molecule has 112 valence electrons. The van der Waals surface area contributed by atoms with Gasteiger partial charge in [-0.15, -0.1) is 11.8 Å². The molecule has 3 rings (SSSR count). The average molecular weight is 311 g/mol. The third-order valence-corrected chi connectivity index (χ3v) is 4.78. The van der Waals surface area contributed by atoms with E-state index in [1.165, 1.54) is 4.90 Å². The first-order chi connectivity index (χ1) is 10.7. The molecular formula is C18H17NO2S. The van der Waals surface area contributed by atoms with E-state index in [2.05, 4.69) is 6.07 Å². The SMILES string of the molecule is O=C(Cc1ccccc1)C(=O)N1CCSc2ccccc2C1. The number of thioether (sulfide) groups is 1. The minimum absolute atomic E-state index is 0.172. The van der Waals surface area contributed by atoms with Crippen molar-refractivity contribution in [2.45, 2.75) is 17.9 Å². The van der Waals surface area contributed by atoms with Gasteiger partial charge in [-0.25, -0.2) is 0 Å². The van der Waals surface area contributed by atoms with Crippen LogP contribution in [0.2, 0.25) is 0 Å². The first kappa shape index (κ1) is 14.9. The summed E-state index contributed by atoms with van der Waals surface area (Å²) in [6, 6.07) is 17.5. The normalized spacial score (nSPS) is 14.1. The van der Waals surface area contributed by atoms with Gasteiger partial charge >= 0.3 is 0 Å². The van der Waals surface area contributed by atoms with Gasteiger partial charge in [0.05, 0.1) is 0 Å². The fourth-order valence-electron chi connectivity index (χ4n) is 2.53. The molecule has 1 aliphatic rings. The van der Waals surface area contributed by atoms with E-state index in [1.54, 1.807) is 16.7 Å². The lowest BCUT2D eigenvalue weighted by Crippen LogP contribution is -2.37. The zero-order chi connectivity index (χ0) is 15.4. The van der Waals surface area contributed by atoms with Crippen LogP contribution in [-0.2, 0) is 22.6 Å². The summed E-state index contributed by atoms with van der Waals surface area (Å²) in [5.41, 5.74) is 2.00. The van der Waals surface area contributed by atoms with E-state index in [9.17, 15) is 9.59 Å². The topological polar surface area (TPSA) is 37.4 Å². The number of fused-ring (bicyclic) bond motifs is 1. The number of carbonyl (C=O) groups is 2. The molecule has 0 saturated heterocycles. The van der Waals surface area contributed by atoms with E-state index >= 15 is 0 Å². The zero-order valence-electron chi connectivity index (χ0n) is 12.2. The van der Waals surface area contributed by atoms with Crippen molar-refractivity contribution in [3.63, 3.8) is 0 Å². The Hall–Kier alpha value is -2.07. The number of carbonyl (C=O) groups excluding carboxylic acids is 2. The van der Waals surface area contributed by atoms with E-state index in [1.807, 2.05) is 48.5 Å². The van der Waals surface area contributed by atoms with Crippen molar-refractivity contribution in [2.24, 2.45) is 0 Å². The van der Waals surface area contributed by atoms with Crippen LogP contribution >= 0.6 is 11.8 Å². The maximum atomic E-state index is 12.4. The quantitative estimate of drug-likeness (QED) is 0.818. The van der Waals surface area contributed by atoms with Crippen LogP contribution in [0.5, 0.6) is 0 Å². The third-order valence-electron chi connectivity index (χ3n) is 3.69. The van der Waals surface area contributed by atoms with Crippen molar-refractivity contribution in [1.29, 1.82) is 0 Å². The Balaban J connectivity index is 1.71. The van der Waals surface area contributed by atoms with Crippen LogP contribution in [0.1, 0.15) is 11.1 Å². The molecule has 2 aromatic carbocycles. The van der Waals surface area contributed by atoms with E-state index < -0.39 is 0 Å². The van der Waals surface area contributed by atoms with Crippen LogP contribution in [-0.4, -0.2) is 28.9 Å². The van der Waals surface area contributed by atoms with E-state index in [4.69, 9.17) is 0 Å². The highest BCUT2D eigenvalue weighted by Gasteiger charge is 2.24. The molecule has 0 saturated carbocycles. The molecule has 0 radical (unpaired) electrons. The Morgan fingerprint density at radius 3 is 2.55 bits per heavy atom. The van der Waals surface area contributed by atoms with Crippen LogP contribution in [0.15, 0.2) is 59.5 Å². The Morgan fingerprint density at radius 2 is 1.73 bits per heavy atom. The fraction of sp³-hybridized carbons (Fsp3) is 0.222. The number of ketones is 1. The van der Waals surface area contributed by atoms with Gasteiger partial charge in [-0.3, -0.25) is 9.59 Å². The first-order valence-corrected chi connectivity index (χ1v) is 8.29. The maximum absolute atomic E-state index is 12.4. The Labute approximate surface area is 134 Å². The second-order valence-corrected chi connectivity index (χ2v) is 6.41. The molecule has 2 aromatic rings. The van der Waals surface area contributed by atoms with Crippen LogP contribution in [0, 0.1) is 0 Å². The first-order valence-electron chi connectivity index (χ1n) is 7.31. The van der Waals surface area contributed by atoms with E-state index in [0.29, 0.717) is 13.1 Å². The summed E-state index contributed by atoms with van der Waals surface area (Å²) in [6.07, 6.45) is 0.172. The number of hydrogen-bond donors (Lipinski definition) is 0. The van der Waals surface area contributed by atoms with Crippen LogP contribution in [0.25, 0.3) is 0 Å². The van der Waals surface area contributed by atoms with E-state index in [-0.39, 0.29) is 18.1 Å². The summed E-state index contributed by atoms with van der Waals surface area (Å²) in [5, 5.41) is 0. The summed E-state index contributed by atoms with van der Waals surface area (Å²) >= 11 is 1.74. The van der Waals surface area contributed by atoms with Crippen molar-refractivity contribution in [1.82, 2.24) is 4.90 Å². The molecule has 22 heavy (non-hydrogen) atoms. The molecule has 0 N–H and O–H groups in total. The number of benzene rings is 2. The molecule has 1 amide bonds. The summed E-state index contributed by atoms with van der Waals surface area (Å²) < 4.78 is 0. The van der Waals surface area contributed by atoms with Crippen molar-refractivity contribution in [2.75, 3.05) is 12.3 Å². The standard InChI is InChI=1S/C18H17NO2S/c20-16(12-14-6-2-1-3-7-14)18(21)19-10-11-22-17-9-5-4-8-15(17)13-19/h1-9H,10-13H2. The monoisotopic (exact) mass is 311 g/mol. The summed E-state index contributed by atoms with van der Waals surface area (Å²) in [7, 11) is 0. The highest BCUT2D eigenvalue weighted by atomic mass is 32.2. The molecule has 0 unspecified atom stereocenters. The van der Waals surface area contributed by atoms with Gasteiger partial charge in [0, 0.05) is 30.2 Å². The second kappa shape index (κ2) is 6.79. The second-order valence-electron chi connectivity index (χ2n) is 5.27. The zero-order valence-corrected chi connectivity index (χ0v) is 13.0. The van der Waals surface area contributed by atoms with Gasteiger partial charge in [0.25, 0.3) is 5.91 Å². The molecular weight excluding hydrogens is 294 g/mol. The lowest BCUT2D eigenvalue weighted by Gasteiger charge is -2.19. The molecule has 0 aliphatic carbocycles. The van der Waals surface area contributed by atoms with Gasteiger partial charge in [0.2, 0.25) is 5.78 Å². The van der Waals surface area contributed by atoms with Crippen molar-refractivity contribution < 1.29 is 9.59 Å². The fourth-order valence-corrected chi connectivity index (χ4v) is 3.56. The number of nitrogens with zero attached hydrogens (tertiary/aromatic N) is 1. The van der Waals surface area contributed by atoms with Crippen LogP contribution < -0.4 is 0 Å². The van der Waals surface area contributed by atoms with Gasteiger partial charge in [-0.2, -0.15) is 0 Å². The van der Waals surface area contributed by atoms with Gasteiger partial charge in [-0.05, 0) is 17.2 Å². The van der Waals surface area contributed by atoms with Crippen molar-refractivity contribution in [3.05, 3.63) is 65.7 Å². The molecule has 0 aromatic heterocycles. The smallest absolute Gasteiger partial charge is 0.290 e. The summed E-state index contributed by atoms with van der Waals surface area (Å²) in [6.45, 7) is 1.13. The number of rotatable bonds is 3. The minimum Gasteiger partial charge on any atom is -0.331 e. The summed E-state index contributed by atoms with van der Waals surface area (Å²) in [4.78, 5) is 27.5. The van der Waals surface area contributed by atoms with Crippen molar-refractivity contribution >= 4 is 23.5 Å². The molecule has 0 bridgehead atoms. The Morgan fingerprint density at radius 1 is 1.00 bits per heavy atom. The predicted molar refractivity (Wildman–Crippen MR) is 87.7 cm³/mol. The Kier molecular flexibility index (Phi) is 4.59. The van der Waals surface area contributed by atoms with Crippen molar-refractivity contribution in [3.8, 4) is 0 Å². The van der Waals surface area contributed by atoms with E-state index in [0.717, 1.165) is 16.9 Å². The molecule has 0 spiro atoms. The Bertz CT molecular complexity index is 684. The maximum Gasteiger partial charge on any atom is 0.290 e. The molecule has 1 aliphatic heterocycles. The van der Waals surface area contributed by atoms with Crippen LogP contribution in [0.3, 0.4) is 0 Å². The highest BCUT2D eigenvalue weighted by molar-refractivity contribution is 7.99. The van der Waals surface area contributed by atoms with Gasteiger partial charge in [-0.1, -0.05) is 48.5 Å². The molecule has 1 heterocycles. The molecule has 0 fully saturated rings. The highest BCUT2D eigenvalue weighted by Crippen LogP contribution is 2.27.